The molecule has 5 rings (SSSR count). The van der Waals surface area contributed by atoms with Crippen LogP contribution < -0.4 is 5.56 Å². The topological polar surface area (TPSA) is 97.4 Å². The normalized spacial score (nSPS) is 15.4. The van der Waals surface area contributed by atoms with Gasteiger partial charge in [0.25, 0.3) is 5.56 Å². The fourth-order valence-electron chi connectivity index (χ4n) is 4.36. The Balaban J connectivity index is 1.27. The molecule has 0 radical (unpaired) electrons. The smallest absolute Gasteiger partial charge is 0.348 e. The molecule has 8 nitrogen and oxygen atoms in total. The lowest BCUT2D eigenvalue weighted by atomic mass is 9.97. The molecular weight excluding hydrogens is 472 g/mol. The highest BCUT2D eigenvalue weighted by atomic mass is 32.1. The Labute approximate surface area is 204 Å². The number of benzene rings is 1. The predicted octanol–water partition coefficient (Wildman–Crippen LogP) is 4.09. The van der Waals surface area contributed by atoms with Crippen LogP contribution in [0.25, 0.3) is 20.4 Å². The van der Waals surface area contributed by atoms with Gasteiger partial charge >= 0.3 is 5.97 Å². The van der Waals surface area contributed by atoms with Crippen molar-refractivity contribution in [3.05, 3.63) is 55.9 Å². The Kier molecular flexibility index (Phi) is 6.73. The number of esters is 1. The number of aryl methyl sites for hydroxylation is 1. The molecule has 34 heavy (non-hydrogen) atoms. The lowest BCUT2D eigenvalue weighted by Crippen LogP contribution is -2.33. The quantitative estimate of drug-likeness (QED) is 0.303. The monoisotopic (exact) mass is 498 g/mol. The number of aromatic amines is 1. The van der Waals surface area contributed by atoms with Gasteiger partial charge in [0.15, 0.2) is 0 Å². The van der Waals surface area contributed by atoms with Gasteiger partial charge in [-0.05, 0) is 50.6 Å². The average molecular weight is 499 g/mol. The van der Waals surface area contributed by atoms with E-state index in [1.54, 1.807) is 25.4 Å². The van der Waals surface area contributed by atoms with Gasteiger partial charge in [-0.25, -0.2) is 14.8 Å². The van der Waals surface area contributed by atoms with Crippen molar-refractivity contribution in [2.24, 2.45) is 0 Å². The maximum absolute atomic E-state index is 12.8. The third-order valence-corrected chi connectivity index (χ3v) is 8.54. The molecular formula is C24H26N4O4S2. The minimum atomic E-state index is -0.449. The number of hydrogen-bond donors (Lipinski definition) is 1. The first-order chi connectivity index (χ1) is 16.5. The second kappa shape index (κ2) is 9.91. The van der Waals surface area contributed by atoms with Gasteiger partial charge in [-0.3, -0.25) is 9.69 Å². The van der Waals surface area contributed by atoms with Crippen molar-refractivity contribution in [1.29, 1.82) is 0 Å². The highest BCUT2D eigenvalue weighted by Crippen LogP contribution is 2.34. The molecule has 0 atom stereocenters. The number of ether oxygens (including phenoxy) is 2. The molecule has 0 saturated carbocycles. The fourth-order valence-corrected chi connectivity index (χ4v) is 6.59. The molecule has 0 unspecified atom stereocenters. The van der Waals surface area contributed by atoms with Crippen LogP contribution in [0, 0.1) is 6.92 Å². The van der Waals surface area contributed by atoms with E-state index >= 15 is 0 Å². The zero-order valence-electron chi connectivity index (χ0n) is 19.1. The van der Waals surface area contributed by atoms with Gasteiger partial charge < -0.3 is 14.5 Å². The van der Waals surface area contributed by atoms with Gasteiger partial charge in [0.05, 0.1) is 33.8 Å². The van der Waals surface area contributed by atoms with E-state index in [-0.39, 0.29) is 12.2 Å². The van der Waals surface area contributed by atoms with Crippen LogP contribution in [-0.2, 0) is 16.0 Å². The largest absolute Gasteiger partial charge is 0.459 e. The third-order valence-electron chi connectivity index (χ3n) is 6.18. The first kappa shape index (κ1) is 23.1. The summed E-state index contributed by atoms with van der Waals surface area (Å²) in [5.41, 5.74) is 1.47. The number of hydrogen-bond acceptors (Lipinski definition) is 9. The number of aromatic nitrogens is 3. The van der Waals surface area contributed by atoms with Crippen molar-refractivity contribution in [3.63, 3.8) is 0 Å². The van der Waals surface area contributed by atoms with E-state index in [9.17, 15) is 9.59 Å². The molecule has 1 saturated heterocycles. The van der Waals surface area contributed by atoms with Crippen LogP contribution >= 0.6 is 22.7 Å². The van der Waals surface area contributed by atoms with Crippen molar-refractivity contribution < 1.29 is 14.3 Å². The van der Waals surface area contributed by atoms with Gasteiger partial charge in [0, 0.05) is 13.0 Å². The number of nitrogens with zero attached hydrogens (tertiary/aromatic N) is 3. The third kappa shape index (κ3) is 4.63. The van der Waals surface area contributed by atoms with Crippen LogP contribution in [0.5, 0.6) is 0 Å². The van der Waals surface area contributed by atoms with Gasteiger partial charge in [-0.15, -0.1) is 22.7 Å². The number of thiophene rings is 1. The average Bonchev–Trinajstić information content (AvgIpc) is 3.41. The number of para-hydroxylation sites is 1. The molecule has 1 N–H and O–H groups in total. The van der Waals surface area contributed by atoms with Crippen LogP contribution in [0.15, 0.2) is 29.1 Å². The standard InChI is InChI=1S/C24H26N4O4S2/c1-14-19-21(29)26-18(27-23(19)34-20(14)24(30)32-12-11-31-2)13-28-9-7-15(8-10-28)22-25-16-5-3-4-6-17(16)33-22/h3-6,15H,7-13H2,1-2H3,(H,26,27,29). The summed E-state index contributed by atoms with van der Waals surface area (Å²) in [4.78, 5) is 40.9. The number of carbonyl (C=O) groups excluding carboxylic acids is 1. The zero-order valence-corrected chi connectivity index (χ0v) is 20.8. The van der Waals surface area contributed by atoms with Crippen LogP contribution in [0.4, 0.5) is 0 Å². The molecule has 1 aliphatic rings. The number of H-pyrrole nitrogens is 1. The molecule has 1 aliphatic heterocycles. The number of nitrogens with one attached hydrogen (secondary N) is 1. The van der Waals surface area contributed by atoms with Crippen molar-refractivity contribution in [2.75, 3.05) is 33.4 Å². The maximum atomic E-state index is 12.8. The van der Waals surface area contributed by atoms with E-state index in [1.165, 1.54) is 21.0 Å². The van der Waals surface area contributed by atoms with Gasteiger partial charge in [-0.2, -0.15) is 0 Å². The maximum Gasteiger partial charge on any atom is 0.348 e. The van der Waals surface area contributed by atoms with Crippen molar-refractivity contribution in [1.82, 2.24) is 19.9 Å². The second-order valence-electron chi connectivity index (χ2n) is 8.45. The highest BCUT2D eigenvalue weighted by molar-refractivity contribution is 7.20. The summed E-state index contributed by atoms with van der Waals surface area (Å²) < 4.78 is 11.4. The Morgan fingerprint density at radius 3 is 2.74 bits per heavy atom. The summed E-state index contributed by atoms with van der Waals surface area (Å²) in [6.45, 7) is 4.67. The van der Waals surface area contributed by atoms with Crippen LogP contribution in [0.2, 0.25) is 0 Å². The van der Waals surface area contributed by atoms with E-state index < -0.39 is 5.97 Å². The lowest BCUT2D eigenvalue weighted by molar-refractivity contribution is 0.0393. The summed E-state index contributed by atoms with van der Waals surface area (Å²) >= 11 is 3.00. The predicted molar refractivity (Wildman–Crippen MR) is 134 cm³/mol. The first-order valence-corrected chi connectivity index (χ1v) is 12.9. The SMILES string of the molecule is COCCOC(=O)c1sc2nc(CN3CCC(c4nc5ccccc5s4)CC3)[nH]c(=O)c2c1C. The summed E-state index contributed by atoms with van der Waals surface area (Å²) in [5.74, 6) is 0.640. The summed E-state index contributed by atoms with van der Waals surface area (Å²) in [6, 6.07) is 8.28. The lowest BCUT2D eigenvalue weighted by Gasteiger charge is -2.30. The Morgan fingerprint density at radius 2 is 1.97 bits per heavy atom. The van der Waals surface area contributed by atoms with Gasteiger partial charge in [0.1, 0.15) is 22.1 Å². The molecule has 0 amide bonds. The van der Waals surface area contributed by atoms with Gasteiger partial charge in [0.2, 0.25) is 0 Å². The van der Waals surface area contributed by atoms with Crippen LogP contribution in [0.3, 0.4) is 0 Å². The Bertz CT molecular complexity index is 1350. The van der Waals surface area contributed by atoms with E-state index in [1.807, 2.05) is 6.07 Å². The molecule has 178 valence electrons. The molecule has 0 spiro atoms. The van der Waals surface area contributed by atoms with Gasteiger partial charge in [-0.1, -0.05) is 12.1 Å². The highest BCUT2D eigenvalue weighted by Gasteiger charge is 2.25. The summed E-state index contributed by atoms with van der Waals surface area (Å²) in [5, 5.41) is 1.68. The molecule has 10 heteroatoms. The molecule has 1 fully saturated rings. The van der Waals surface area contributed by atoms with E-state index in [0.29, 0.717) is 45.6 Å². The summed E-state index contributed by atoms with van der Waals surface area (Å²) in [7, 11) is 1.55. The van der Waals surface area contributed by atoms with Crippen LogP contribution in [-0.4, -0.2) is 59.2 Å². The Hall–Kier alpha value is -2.66. The molecule has 3 aromatic heterocycles. The van der Waals surface area contributed by atoms with Crippen molar-refractivity contribution in [2.45, 2.75) is 32.2 Å². The molecule has 4 aromatic rings. The summed E-state index contributed by atoms with van der Waals surface area (Å²) in [6.07, 6.45) is 2.06. The zero-order chi connectivity index (χ0) is 23.7. The number of carbonyl (C=O) groups is 1. The first-order valence-electron chi connectivity index (χ1n) is 11.3. The number of thiazole rings is 1. The minimum Gasteiger partial charge on any atom is -0.459 e. The van der Waals surface area contributed by atoms with E-state index in [2.05, 4.69) is 33.1 Å². The number of fused-ring (bicyclic) bond motifs is 2. The van der Waals surface area contributed by atoms with Crippen molar-refractivity contribution in [3.8, 4) is 0 Å². The van der Waals surface area contributed by atoms with Crippen molar-refractivity contribution >= 4 is 49.1 Å². The number of rotatable bonds is 7. The van der Waals surface area contributed by atoms with E-state index in [0.717, 1.165) is 31.4 Å². The minimum absolute atomic E-state index is 0.172. The van der Waals surface area contributed by atoms with E-state index in [4.69, 9.17) is 14.5 Å². The molecule has 0 aliphatic carbocycles. The van der Waals surface area contributed by atoms with Crippen LogP contribution in [0.1, 0.15) is 44.8 Å². The second-order valence-corrected chi connectivity index (χ2v) is 10.5. The Morgan fingerprint density at radius 1 is 1.18 bits per heavy atom. The fraction of sp³-hybridized carbons (Fsp3) is 0.417. The number of methoxy groups -OCH3 is 1. The molecule has 4 heterocycles. The molecule has 0 bridgehead atoms. The molecule has 1 aromatic carbocycles. The number of likely N-dealkylation sites (tertiary alicyclic amines) is 1. The number of piperidine rings is 1.